The third-order valence-corrected chi connectivity index (χ3v) is 3.70. The monoisotopic (exact) mass is 212 g/mol. The van der Waals surface area contributed by atoms with Crippen LogP contribution < -0.4 is 11.1 Å². The standard InChI is InChI=1S/C10H16N2O3/c11-6-9(2-1-3-9)7(13)12-10(4-5-10)8(14)15/h1-6,11H2,(H,12,13)(H,14,15). The average Bonchev–Trinajstić information content (AvgIpc) is 2.84. The fraction of sp³-hybridized carbons (Fsp3) is 0.800. The van der Waals surface area contributed by atoms with Gasteiger partial charge < -0.3 is 16.2 Å². The highest BCUT2D eigenvalue weighted by atomic mass is 16.4. The van der Waals surface area contributed by atoms with Gasteiger partial charge >= 0.3 is 5.97 Å². The zero-order chi connectivity index (χ0) is 11.1. The van der Waals surface area contributed by atoms with Crippen LogP contribution in [-0.2, 0) is 9.59 Å². The fourth-order valence-electron chi connectivity index (χ4n) is 1.99. The lowest BCUT2D eigenvalue weighted by molar-refractivity contribution is -0.146. The number of rotatable bonds is 4. The summed E-state index contributed by atoms with van der Waals surface area (Å²) in [6, 6.07) is 0. The molecular weight excluding hydrogens is 196 g/mol. The van der Waals surface area contributed by atoms with Crippen molar-refractivity contribution in [2.45, 2.75) is 37.6 Å². The zero-order valence-electron chi connectivity index (χ0n) is 8.58. The molecule has 2 aliphatic rings. The van der Waals surface area contributed by atoms with Crippen LogP contribution in [0.4, 0.5) is 0 Å². The second-order valence-corrected chi connectivity index (χ2v) is 4.68. The van der Waals surface area contributed by atoms with E-state index in [-0.39, 0.29) is 5.91 Å². The van der Waals surface area contributed by atoms with Crippen molar-refractivity contribution in [3.05, 3.63) is 0 Å². The highest BCUT2D eigenvalue weighted by Gasteiger charge is 2.55. The molecule has 5 heteroatoms. The molecular formula is C10H16N2O3. The summed E-state index contributed by atoms with van der Waals surface area (Å²) < 4.78 is 0. The SMILES string of the molecule is NCC1(C(=O)NC2(C(=O)O)CC2)CCC1. The van der Waals surface area contributed by atoms with Gasteiger partial charge in [0.2, 0.25) is 5.91 Å². The number of carboxylic acids is 1. The van der Waals surface area contributed by atoms with Gasteiger partial charge in [0.15, 0.2) is 0 Å². The Bertz CT molecular complexity index is 300. The number of hydrogen-bond donors (Lipinski definition) is 3. The van der Waals surface area contributed by atoms with Crippen LogP contribution in [0.3, 0.4) is 0 Å². The van der Waals surface area contributed by atoms with Crippen LogP contribution in [0.5, 0.6) is 0 Å². The summed E-state index contributed by atoms with van der Waals surface area (Å²) in [6.07, 6.45) is 3.64. The van der Waals surface area contributed by atoms with Gasteiger partial charge in [-0.1, -0.05) is 6.42 Å². The van der Waals surface area contributed by atoms with E-state index in [1.54, 1.807) is 0 Å². The minimum atomic E-state index is -0.977. The number of aliphatic carboxylic acids is 1. The van der Waals surface area contributed by atoms with Crippen molar-refractivity contribution in [1.82, 2.24) is 5.32 Å². The summed E-state index contributed by atoms with van der Waals surface area (Å²) in [5.41, 5.74) is 4.12. The Morgan fingerprint density at radius 2 is 1.87 bits per heavy atom. The quantitative estimate of drug-likeness (QED) is 0.604. The van der Waals surface area contributed by atoms with Crippen molar-refractivity contribution in [2.24, 2.45) is 11.1 Å². The minimum Gasteiger partial charge on any atom is -0.480 e. The van der Waals surface area contributed by atoms with Gasteiger partial charge in [0.25, 0.3) is 0 Å². The lowest BCUT2D eigenvalue weighted by atomic mass is 9.68. The van der Waals surface area contributed by atoms with E-state index in [0.29, 0.717) is 19.4 Å². The summed E-state index contributed by atoms with van der Waals surface area (Å²) in [5.74, 6) is -1.10. The third kappa shape index (κ3) is 1.51. The van der Waals surface area contributed by atoms with Crippen LogP contribution in [0.15, 0.2) is 0 Å². The van der Waals surface area contributed by atoms with E-state index in [9.17, 15) is 9.59 Å². The van der Waals surface area contributed by atoms with Crippen LogP contribution in [0, 0.1) is 5.41 Å². The Kier molecular flexibility index (Phi) is 2.22. The van der Waals surface area contributed by atoms with Crippen LogP contribution in [0.25, 0.3) is 0 Å². The van der Waals surface area contributed by atoms with Crippen LogP contribution in [0.2, 0.25) is 0 Å². The van der Waals surface area contributed by atoms with Gasteiger partial charge in [-0.05, 0) is 25.7 Å². The molecule has 84 valence electrons. The van der Waals surface area contributed by atoms with E-state index >= 15 is 0 Å². The van der Waals surface area contributed by atoms with Crippen molar-refractivity contribution in [1.29, 1.82) is 0 Å². The molecule has 0 unspecified atom stereocenters. The molecule has 0 spiro atoms. The summed E-state index contributed by atoms with van der Waals surface area (Å²) in [4.78, 5) is 22.8. The van der Waals surface area contributed by atoms with Gasteiger partial charge in [0.1, 0.15) is 5.54 Å². The smallest absolute Gasteiger partial charge is 0.329 e. The highest BCUT2D eigenvalue weighted by molar-refractivity contribution is 5.92. The molecule has 2 aliphatic carbocycles. The number of hydrogen-bond acceptors (Lipinski definition) is 3. The molecule has 0 aromatic rings. The van der Waals surface area contributed by atoms with Gasteiger partial charge in [0, 0.05) is 6.54 Å². The van der Waals surface area contributed by atoms with Crippen molar-refractivity contribution in [3.63, 3.8) is 0 Å². The number of carbonyl (C=O) groups is 2. The highest BCUT2D eigenvalue weighted by Crippen LogP contribution is 2.43. The first kappa shape index (κ1) is 10.4. The van der Waals surface area contributed by atoms with Crippen molar-refractivity contribution < 1.29 is 14.7 Å². The Balaban J connectivity index is 2.01. The number of nitrogens with one attached hydrogen (secondary N) is 1. The summed E-state index contributed by atoms with van der Waals surface area (Å²) in [7, 11) is 0. The Morgan fingerprint density at radius 3 is 2.13 bits per heavy atom. The molecule has 5 nitrogen and oxygen atoms in total. The summed E-state index contributed by atoms with van der Waals surface area (Å²) in [6.45, 7) is 0.314. The maximum absolute atomic E-state index is 11.9. The molecule has 1 amide bonds. The minimum absolute atomic E-state index is 0.170. The molecule has 0 bridgehead atoms. The first-order valence-electron chi connectivity index (χ1n) is 5.31. The van der Waals surface area contributed by atoms with Gasteiger partial charge in [0.05, 0.1) is 5.41 Å². The topological polar surface area (TPSA) is 92.4 Å². The second-order valence-electron chi connectivity index (χ2n) is 4.68. The largest absolute Gasteiger partial charge is 0.480 e. The van der Waals surface area contributed by atoms with E-state index in [0.717, 1.165) is 19.3 Å². The molecule has 0 aliphatic heterocycles. The molecule has 0 heterocycles. The lowest BCUT2D eigenvalue weighted by Crippen LogP contribution is -2.55. The maximum Gasteiger partial charge on any atom is 0.329 e. The lowest BCUT2D eigenvalue weighted by Gasteiger charge is -2.39. The Morgan fingerprint density at radius 1 is 1.27 bits per heavy atom. The van der Waals surface area contributed by atoms with E-state index in [4.69, 9.17) is 10.8 Å². The van der Waals surface area contributed by atoms with Crippen LogP contribution in [-0.4, -0.2) is 29.1 Å². The molecule has 4 N–H and O–H groups in total. The van der Waals surface area contributed by atoms with Crippen LogP contribution >= 0.6 is 0 Å². The van der Waals surface area contributed by atoms with E-state index in [2.05, 4.69) is 5.32 Å². The Hall–Kier alpha value is -1.10. The molecule has 0 saturated heterocycles. The van der Waals surface area contributed by atoms with Gasteiger partial charge in [-0.3, -0.25) is 4.79 Å². The summed E-state index contributed by atoms with van der Waals surface area (Å²) >= 11 is 0. The molecule has 0 aromatic carbocycles. The molecule has 0 aromatic heterocycles. The molecule has 2 fully saturated rings. The zero-order valence-corrected chi connectivity index (χ0v) is 8.58. The molecule has 0 atom stereocenters. The van der Waals surface area contributed by atoms with E-state index in [1.165, 1.54) is 0 Å². The molecule has 15 heavy (non-hydrogen) atoms. The van der Waals surface area contributed by atoms with Crippen molar-refractivity contribution >= 4 is 11.9 Å². The second kappa shape index (κ2) is 3.20. The van der Waals surface area contributed by atoms with E-state index < -0.39 is 16.9 Å². The van der Waals surface area contributed by atoms with Crippen molar-refractivity contribution in [3.8, 4) is 0 Å². The first-order valence-corrected chi connectivity index (χ1v) is 5.31. The molecule has 2 saturated carbocycles. The number of carboxylic acid groups (broad SMARTS) is 1. The third-order valence-electron chi connectivity index (χ3n) is 3.70. The van der Waals surface area contributed by atoms with Gasteiger partial charge in [-0.15, -0.1) is 0 Å². The number of nitrogens with two attached hydrogens (primary N) is 1. The average molecular weight is 212 g/mol. The predicted octanol–water partition coefficient (Wildman–Crippen LogP) is -0.151. The first-order chi connectivity index (χ1) is 7.05. The van der Waals surface area contributed by atoms with Gasteiger partial charge in [-0.25, -0.2) is 4.79 Å². The fourth-order valence-corrected chi connectivity index (χ4v) is 1.99. The van der Waals surface area contributed by atoms with Crippen LogP contribution in [0.1, 0.15) is 32.1 Å². The number of carbonyl (C=O) groups excluding carboxylic acids is 1. The van der Waals surface area contributed by atoms with Gasteiger partial charge in [-0.2, -0.15) is 0 Å². The normalized spacial score (nSPS) is 25.1. The Labute approximate surface area is 88.0 Å². The molecule has 2 rings (SSSR count). The van der Waals surface area contributed by atoms with E-state index in [1.807, 2.05) is 0 Å². The predicted molar refractivity (Wildman–Crippen MR) is 53.1 cm³/mol. The number of amides is 1. The molecule has 0 radical (unpaired) electrons. The van der Waals surface area contributed by atoms with Crippen molar-refractivity contribution in [2.75, 3.05) is 6.54 Å². The maximum atomic E-state index is 11.9. The summed E-state index contributed by atoms with van der Waals surface area (Å²) in [5, 5.41) is 11.6.